The summed E-state index contributed by atoms with van der Waals surface area (Å²) in [6.07, 6.45) is 2.62. The molecule has 1 fully saturated rings. The lowest BCUT2D eigenvalue weighted by Crippen LogP contribution is -2.41. The predicted octanol–water partition coefficient (Wildman–Crippen LogP) is 3.51. The van der Waals surface area contributed by atoms with E-state index >= 15 is 0 Å². The first-order chi connectivity index (χ1) is 9.70. The van der Waals surface area contributed by atoms with Crippen LogP contribution < -0.4 is 5.73 Å². The van der Waals surface area contributed by atoms with Crippen molar-refractivity contribution < 1.29 is 4.42 Å². The highest BCUT2D eigenvalue weighted by Gasteiger charge is 2.26. The second kappa shape index (κ2) is 5.58. The zero-order valence-corrected chi connectivity index (χ0v) is 12.4. The molecule has 2 unspecified atom stereocenters. The third-order valence-electron chi connectivity index (χ3n) is 4.84. The fourth-order valence-electron chi connectivity index (χ4n) is 3.33. The van der Waals surface area contributed by atoms with E-state index in [-0.39, 0.29) is 0 Å². The van der Waals surface area contributed by atoms with Crippen LogP contribution in [0, 0.1) is 5.92 Å². The van der Waals surface area contributed by atoms with Gasteiger partial charge in [0.05, 0.1) is 6.54 Å². The Hall–Kier alpha value is -1.32. The van der Waals surface area contributed by atoms with E-state index in [1.54, 1.807) is 0 Å². The van der Waals surface area contributed by atoms with Crippen LogP contribution in [0.15, 0.2) is 28.7 Å². The van der Waals surface area contributed by atoms with Crippen LogP contribution in [0.4, 0.5) is 0 Å². The number of nitrogens with two attached hydrogens (primary N) is 1. The summed E-state index contributed by atoms with van der Waals surface area (Å²) in [6.45, 7) is 7.26. The molecule has 3 heteroatoms. The number of benzene rings is 1. The molecule has 0 amide bonds. The third kappa shape index (κ3) is 2.36. The van der Waals surface area contributed by atoms with Crippen LogP contribution in [-0.2, 0) is 13.1 Å². The van der Waals surface area contributed by atoms with Crippen molar-refractivity contribution in [2.24, 2.45) is 11.7 Å². The first kappa shape index (κ1) is 13.7. The van der Waals surface area contributed by atoms with Crippen molar-refractivity contribution in [1.82, 2.24) is 4.90 Å². The molecular weight excluding hydrogens is 248 g/mol. The van der Waals surface area contributed by atoms with E-state index in [0.29, 0.717) is 12.6 Å². The Labute approximate surface area is 120 Å². The molecule has 1 saturated heterocycles. The van der Waals surface area contributed by atoms with Gasteiger partial charge in [-0.05, 0) is 38.3 Å². The minimum Gasteiger partial charge on any atom is -0.459 e. The van der Waals surface area contributed by atoms with Crippen LogP contribution in [0.25, 0.3) is 11.0 Å². The largest absolute Gasteiger partial charge is 0.459 e. The number of likely N-dealkylation sites (tertiary alicyclic amines) is 1. The van der Waals surface area contributed by atoms with Gasteiger partial charge in [0.1, 0.15) is 11.3 Å². The highest BCUT2D eigenvalue weighted by Crippen LogP contribution is 2.29. The molecule has 2 atom stereocenters. The molecule has 0 aliphatic carbocycles. The monoisotopic (exact) mass is 272 g/mol. The lowest BCUT2D eigenvalue weighted by Gasteiger charge is -2.37. The third-order valence-corrected chi connectivity index (χ3v) is 4.84. The number of furan rings is 1. The Morgan fingerprint density at radius 3 is 2.90 bits per heavy atom. The number of fused-ring (bicyclic) bond motifs is 1. The van der Waals surface area contributed by atoms with Gasteiger partial charge in [-0.15, -0.1) is 0 Å². The first-order valence-electron chi connectivity index (χ1n) is 7.64. The van der Waals surface area contributed by atoms with Crippen LogP contribution in [0.1, 0.15) is 38.0 Å². The van der Waals surface area contributed by atoms with Gasteiger partial charge < -0.3 is 10.2 Å². The summed E-state index contributed by atoms with van der Waals surface area (Å²) in [7, 11) is 0. The maximum atomic E-state index is 6.05. The minimum absolute atomic E-state index is 0.546. The van der Waals surface area contributed by atoms with E-state index in [4.69, 9.17) is 10.2 Å². The smallest absolute Gasteiger partial charge is 0.134 e. The lowest BCUT2D eigenvalue weighted by molar-refractivity contribution is 0.0989. The number of nitrogens with zero attached hydrogens (tertiary/aromatic N) is 1. The molecule has 2 aromatic rings. The molecule has 20 heavy (non-hydrogen) atoms. The van der Waals surface area contributed by atoms with Gasteiger partial charge in [0.2, 0.25) is 0 Å². The molecule has 0 radical (unpaired) electrons. The molecule has 1 aromatic heterocycles. The van der Waals surface area contributed by atoms with Crippen molar-refractivity contribution >= 4 is 11.0 Å². The van der Waals surface area contributed by atoms with Gasteiger partial charge in [-0.25, -0.2) is 0 Å². The number of rotatable bonds is 3. The Morgan fingerprint density at radius 1 is 1.30 bits per heavy atom. The highest BCUT2D eigenvalue weighted by atomic mass is 16.3. The summed E-state index contributed by atoms with van der Waals surface area (Å²) in [6, 6.07) is 8.81. The van der Waals surface area contributed by atoms with Gasteiger partial charge in [0.15, 0.2) is 0 Å². The van der Waals surface area contributed by atoms with Crippen LogP contribution in [0.2, 0.25) is 0 Å². The van der Waals surface area contributed by atoms with E-state index in [0.717, 1.165) is 30.4 Å². The van der Waals surface area contributed by atoms with Gasteiger partial charge in [-0.3, -0.25) is 4.90 Å². The Bertz CT molecular complexity index is 590. The molecule has 0 bridgehead atoms. The second-order valence-corrected chi connectivity index (χ2v) is 6.03. The molecule has 1 aliphatic heterocycles. The van der Waals surface area contributed by atoms with Crippen LogP contribution in [0.5, 0.6) is 0 Å². The molecule has 3 rings (SSSR count). The van der Waals surface area contributed by atoms with Crippen LogP contribution >= 0.6 is 0 Å². The van der Waals surface area contributed by atoms with Crippen molar-refractivity contribution in [3.8, 4) is 0 Å². The Morgan fingerprint density at radius 2 is 2.10 bits per heavy atom. The molecule has 2 N–H and O–H groups in total. The average Bonchev–Trinajstić information content (AvgIpc) is 2.81. The van der Waals surface area contributed by atoms with Crippen molar-refractivity contribution in [2.75, 3.05) is 6.54 Å². The normalized spacial score (nSPS) is 24.4. The molecule has 108 valence electrons. The number of para-hydroxylation sites is 1. The molecule has 0 spiro atoms. The molecule has 0 saturated carbocycles. The standard InChI is InChI=1S/C17H24N2O/c1-12-6-5-9-19(13(12)2)11-17-15(10-18)14-7-3-4-8-16(14)20-17/h3-4,7-8,12-13H,5-6,9-11,18H2,1-2H3. The number of hydrogen-bond donors (Lipinski definition) is 1. The van der Waals surface area contributed by atoms with E-state index in [1.165, 1.54) is 23.8 Å². The summed E-state index contributed by atoms with van der Waals surface area (Å²) in [5, 5.41) is 1.17. The maximum Gasteiger partial charge on any atom is 0.134 e. The van der Waals surface area contributed by atoms with Crippen molar-refractivity contribution in [3.05, 3.63) is 35.6 Å². The SMILES string of the molecule is CC1CCCN(Cc2oc3ccccc3c2CN)C1C. The molecule has 1 aromatic carbocycles. The average molecular weight is 272 g/mol. The van der Waals surface area contributed by atoms with Gasteiger partial charge >= 0.3 is 0 Å². The first-order valence-corrected chi connectivity index (χ1v) is 7.64. The van der Waals surface area contributed by atoms with Gasteiger partial charge in [-0.2, -0.15) is 0 Å². The summed E-state index contributed by atoms with van der Waals surface area (Å²) < 4.78 is 6.05. The Kier molecular flexibility index (Phi) is 3.81. The molecule has 1 aliphatic rings. The number of hydrogen-bond acceptors (Lipinski definition) is 3. The number of piperidine rings is 1. The fraction of sp³-hybridized carbons (Fsp3) is 0.529. The predicted molar refractivity (Wildman–Crippen MR) is 82.4 cm³/mol. The van der Waals surface area contributed by atoms with Crippen molar-refractivity contribution in [2.45, 2.75) is 45.8 Å². The quantitative estimate of drug-likeness (QED) is 0.929. The zero-order chi connectivity index (χ0) is 14.1. The van der Waals surface area contributed by atoms with E-state index in [2.05, 4.69) is 24.8 Å². The van der Waals surface area contributed by atoms with Crippen molar-refractivity contribution in [1.29, 1.82) is 0 Å². The summed E-state index contributed by atoms with van der Waals surface area (Å²) in [5.74, 6) is 1.81. The Balaban J connectivity index is 1.90. The maximum absolute atomic E-state index is 6.05. The summed E-state index contributed by atoms with van der Waals surface area (Å²) in [4.78, 5) is 2.53. The second-order valence-electron chi connectivity index (χ2n) is 6.03. The van der Waals surface area contributed by atoms with E-state index in [9.17, 15) is 0 Å². The van der Waals surface area contributed by atoms with Crippen LogP contribution in [-0.4, -0.2) is 17.5 Å². The van der Waals surface area contributed by atoms with E-state index in [1.807, 2.05) is 18.2 Å². The lowest BCUT2D eigenvalue weighted by atomic mass is 9.92. The van der Waals surface area contributed by atoms with Gasteiger partial charge in [0, 0.05) is 23.5 Å². The topological polar surface area (TPSA) is 42.4 Å². The minimum atomic E-state index is 0.546. The van der Waals surface area contributed by atoms with Crippen LogP contribution in [0.3, 0.4) is 0 Å². The van der Waals surface area contributed by atoms with Crippen molar-refractivity contribution in [3.63, 3.8) is 0 Å². The summed E-state index contributed by atoms with van der Waals surface area (Å²) in [5.41, 5.74) is 8.08. The zero-order valence-electron chi connectivity index (χ0n) is 12.4. The van der Waals surface area contributed by atoms with Gasteiger partial charge in [0.25, 0.3) is 0 Å². The van der Waals surface area contributed by atoms with Gasteiger partial charge in [-0.1, -0.05) is 25.1 Å². The molecular formula is C17H24N2O. The molecule has 2 heterocycles. The highest BCUT2D eigenvalue weighted by molar-refractivity contribution is 5.82. The summed E-state index contributed by atoms with van der Waals surface area (Å²) >= 11 is 0. The fourth-order valence-corrected chi connectivity index (χ4v) is 3.33. The van der Waals surface area contributed by atoms with E-state index < -0.39 is 0 Å². The molecule has 3 nitrogen and oxygen atoms in total.